The Morgan fingerprint density at radius 2 is 2.15 bits per heavy atom. The Morgan fingerprint density at radius 1 is 1.25 bits per heavy atom. The Bertz CT molecular complexity index is 614. The Labute approximate surface area is 121 Å². The molecular formula is C14H16FN3OS. The van der Waals surface area contributed by atoms with Gasteiger partial charge in [0, 0.05) is 17.9 Å². The minimum Gasteiger partial charge on any atom is -0.392 e. The smallest absolute Gasteiger partial charge is 0.196 e. The number of halogens is 1. The zero-order chi connectivity index (χ0) is 13.9. The Balaban J connectivity index is 1.90. The van der Waals surface area contributed by atoms with E-state index in [1.165, 1.54) is 30.3 Å². The van der Waals surface area contributed by atoms with Crippen molar-refractivity contribution in [2.45, 2.75) is 48.9 Å². The van der Waals surface area contributed by atoms with Crippen LogP contribution in [0.1, 0.15) is 30.7 Å². The second-order valence-corrected chi connectivity index (χ2v) is 5.88. The van der Waals surface area contributed by atoms with Crippen LogP contribution in [0.2, 0.25) is 0 Å². The van der Waals surface area contributed by atoms with Crippen molar-refractivity contribution < 1.29 is 9.50 Å². The predicted octanol–water partition coefficient (Wildman–Crippen LogP) is 2.79. The molecule has 0 saturated carbocycles. The van der Waals surface area contributed by atoms with Gasteiger partial charge >= 0.3 is 0 Å². The van der Waals surface area contributed by atoms with Crippen molar-refractivity contribution in [3.05, 3.63) is 35.4 Å². The molecule has 0 atom stereocenters. The lowest BCUT2D eigenvalue weighted by Gasteiger charge is -2.09. The molecule has 1 aromatic heterocycles. The number of aromatic nitrogens is 3. The molecular weight excluding hydrogens is 277 g/mol. The van der Waals surface area contributed by atoms with E-state index in [9.17, 15) is 9.50 Å². The van der Waals surface area contributed by atoms with Gasteiger partial charge in [-0.05, 0) is 48.4 Å². The number of fused-ring (bicyclic) bond motifs is 1. The van der Waals surface area contributed by atoms with Gasteiger partial charge < -0.3 is 9.67 Å². The highest BCUT2D eigenvalue weighted by Gasteiger charge is 2.16. The van der Waals surface area contributed by atoms with E-state index in [1.807, 2.05) is 0 Å². The van der Waals surface area contributed by atoms with Gasteiger partial charge in [0.25, 0.3) is 0 Å². The molecule has 1 N–H and O–H groups in total. The van der Waals surface area contributed by atoms with Gasteiger partial charge in [-0.2, -0.15) is 0 Å². The van der Waals surface area contributed by atoms with E-state index in [2.05, 4.69) is 14.8 Å². The third-order valence-electron chi connectivity index (χ3n) is 3.47. The number of aliphatic hydroxyl groups is 1. The van der Waals surface area contributed by atoms with Crippen LogP contribution in [0.25, 0.3) is 0 Å². The van der Waals surface area contributed by atoms with Crippen LogP contribution in [0.3, 0.4) is 0 Å². The summed E-state index contributed by atoms with van der Waals surface area (Å²) in [5.41, 5.74) is 0.584. The number of nitrogens with zero attached hydrogens (tertiary/aromatic N) is 3. The molecule has 106 valence electrons. The second-order valence-electron chi connectivity index (χ2n) is 4.87. The molecule has 0 unspecified atom stereocenters. The van der Waals surface area contributed by atoms with Crippen molar-refractivity contribution in [1.29, 1.82) is 0 Å². The molecule has 20 heavy (non-hydrogen) atoms. The molecule has 1 aliphatic heterocycles. The molecule has 0 amide bonds. The number of rotatable bonds is 3. The van der Waals surface area contributed by atoms with E-state index >= 15 is 0 Å². The second kappa shape index (κ2) is 5.93. The fraction of sp³-hybridized carbons (Fsp3) is 0.429. The average Bonchev–Trinajstić information content (AvgIpc) is 2.69. The Morgan fingerprint density at radius 3 is 3.00 bits per heavy atom. The largest absolute Gasteiger partial charge is 0.392 e. The predicted molar refractivity (Wildman–Crippen MR) is 74.0 cm³/mol. The molecule has 1 aromatic carbocycles. The van der Waals surface area contributed by atoms with Crippen LogP contribution in [-0.4, -0.2) is 19.9 Å². The van der Waals surface area contributed by atoms with Crippen LogP contribution < -0.4 is 0 Å². The van der Waals surface area contributed by atoms with Gasteiger partial charge in [-0.25, -0.2) is 4.39 Å². The van der Waals surface area contributed by atoms with E-state index in [4.69, 9.17) is 0 Å². The summed E-state index contributed by atoms with van der Waals surface area (Å²) < 4.78 is 15.3. The fourth-order valence-corrected chi connectivity index (χ4v) is 3.38. The maximum Gasteiger partial charge on any atom is 0.196 e. The summed E-state index contributed by atoms with van der Waals surface area (Å²) in [7, 11) is 0. The fourth-order valence-electron chi connectivity index (χ4n) is 2.40. The van der Waals surface area contributed by atoms with E-state index in [-0.39, 0.29) is 12.4 Å². The van der Waals surface area contributed by atoms with Crippen LogP contribution in [0, 0.1) is 5.82 Å². The molecule has 0 bridgehead atoms. The Hall–Kier alpha value is -1.40. The lowest BCUT2D eigenvalue weighted by atomic mass is 10.2. The molecule has 2 heterocycles. The van der Waals surface area contributed by atoms with Crippen molar-refractivity contribution in [3.63, 3.8) is 0 Å². The molecule has 0 aliphatic carbocycles. The molecule has 0 radical (unpaired) electrons. The summed E-state index contributed by atoms with van der Waals surface area (Å²) in [6, 6.07) is 4.45. The monoisotopic (exact) mass is 293 g/mol. The van der Waals surface area contributed by atoms with Crippen molar-refractivity contribution in [3.8, 4) is 0 Å². The van der Waals surface area contributed by atoms with Crippen LogP contribution in [0.15, 0.2) is 28.3 Å². The van der Waals surface area contributed by atoms with Crippen LogP contribution in [-0.2, 0) is 19.6 Å². The van der Waals surface area contributed by atoms with Crippen LogP contribution in [0.5, 0.6) is 0 Å². The topological polar surface area (TPSA) is 50.9 Å². The van der Waals surface area contributed by atoms with Gasteiger partial charge in [0.2, 0.25) is 0 Å². The van der Waals surface area contributed by atoms with Gasteiger partial charge in [0.05, 0.1) is 6.61 Å². The number of benzene rings is 1. The Kier molecular flexibility index (Phi) is 4.03. The molecule has 3 rings (SSSR count). The molecule has 1 aliphatic rings. The van der Waals surface area contributed by atoms with Crippen molar-refractivity contribution in [1.82, 2.24) is 14.8 Å². The number of aliphatic hydroxyl groups excluding tert-OH is 1. The summed E-state index contributed by atoms with van der Waals surface area (Å²) >= 11 is 1.44. The highest BCUT2D eigenvalue weighted by molar-refractivity contribution is 7.99. The van der Waals surface area contributed by atoms with Crippen LogP contribution >= 0.6 is 11.8 Å². The summed E-state index contributed by atoms with van der Waals surface area (Å²) in [6.45, 7) is 0.751. The number of hydrogen-bond acceptors (Lipinski definition) is 4. The molecule has 6 heteroatoms. The van der Waals surface area contributed by atoms with E-state index in [0.29, 0.717) is 5.56 Å². The summed E-state index contributed by atoms with van der Waals surface area (Å²) in [5.74, 6) is 0.691. The van der Waals surface area contributed by atoms with Gasteiger partial charge in [-0.1, -0.05) is 6.42 Å². The zero-order valence-electron chi connectivity index (χ0n) is 11.0. The minimum absolute atomic E-state index is 0.179. The average molecular weight is 293 g/mol. The highest BCUT2D eigenvalue weighted by Crippen LogP contribution is 2.31. The van der Waals surface area contributed by atoms with Gasteiger partial charge in [-0.3, -0.25) is 0 Å². The standard InChI is InChI=1S/C14H16FN3OS/c15-11-5-6-12(10(8-11)9-19)20-14-17-16-13-4-2-1-3-7-18(13)14/h5-6,8,19H,1-4,7,9H2. The first-order chi connectivity index (χ1) is 9.78. The maximum absolute atomic E-state index is 13.2. The lowest BCUT2D eigenvalue weighted by Crippen LogP contribution is -2.02. The van der Waals surface area contributed by atoms with Gasteiger partial charge in [-0.15, -0.1) is 10.2 Å². The molecule has 0 spiro atoms. The third-order valence-corrected chi connectivity index (χ3v) is 4.57. The SMILES string of the molecule is OCc1cc(F)ccc1Sc1nnc2n1CCCCC2. The first kappa shape index (κ1) is 13.6. The zero-order valence-corrected chi connectivity index (χ0v) is 11.9. The van der Waals surface area contributed by atoms with Gasteiger partial charge in [0.15, 0.2) is 5.16 Å². The van der Waals surface area contributed by atoms with E-state index in [0.717, 1.165) is 41.7 Å². The van der Waals surface area contributed by atoms with E-state index < -0.39 is 0 Å². The van der Waals surface area contributed by atoms with Crippen molar-refractivity contribution in [2.75, 3.05) is 0 Å². The quantitative estimate of drug-likeness (QED) is 0.945. The van der Waals surface area contributed by atoms with Gasteiger partial charge in [0.1, 0.15) is 11.6 Å². The first-order valence-electron chi connectivity index (χ1n) is 6.77. The first-order valence-corrected chi connectivity index (χ1v) is 7.59. The molecule has 4 nitrogen and oxygen atoms in total. The summed E-state index contributed by atoms with van der Waals surface area (Å²) in [5, 5.41) is 18.6. The highest BCUT2D eigenvalue weighted by atomic mass is 32.2. The molecule has 0 saturated heterocycles. The molecule has 0 fully saturated rings. The lowest BCUT2D eigenvalue weighted by molar-refractivity contribution is 0.278. The minimum atomic E-state index is -0.335. The summed E-state index contributed by atoms with van der Waals surface area (Å²) in [4.78, 5) is 0.827. The van der Waals surface area contributed by atoms with Crippen LogP contribution in [0.4, 0.5) is 4.39 Å². The number of hydrogen-bond donors (Lipinski definition) is 1. The number of aryl methyl sites for hydroxylation is 1. The maximum atomic E-state index is 13.2. The normalized spacial score (nSPS) is 14.9. The van der Waals surface area contributed by atoms with E-state index in [1.54, 1.807) is 6.07 Å². The van der Waals surface area contributed by atoms with Crippen molar-refractivity contribution >= 4 is 11.8 Å². The summed E-state index contributed by atoms with van der Waals surface area (Å²) in [6.07, 6.45) is 4.46. The molecule has 2 aromatic rings. The van der Waals surface area contributed by atoms with Crippen molar-refractivity contribution in [2.24, 2.45) is 0 Å². The third kappa shape index (κ3) is 2.71.